The molecule has 0 aliphatic heterocycles. The first-order valence-electron chi connectivity index (χ1n) is 5.63. The van der Waals surface area contributed by atoms with Crippen LogP contribution in [0.2, 0.25) is 5.02 Å². The van der Waals surface area contributed by atoms with E-state index in [1.807, 2.05) is 12.1 Å². The molecule has 0 spiro atoms. The summed E-state index contributed by atoms with van der Waals surface area (Å²) >= 11 is 6.01. The Balaban J connectivity index is 2.09. The van der Waals surface area contributed by atoms with E-state index < -0.39 is 0 Å². The maximum atomic E-state index is 6.01. The molecule has 15 heavy (non-hydrogen) atoms. The van der Waals surface area contributed by atoms with Crippen molar-refractivity contribution in [2.45, 2.75) is 32.2 Å². The highest BCUT2D eigenvalue weighted by Gasteiger charge is 2.43. The summed E-state index contributed by atoms with van der Waals surface area (Å²) in [5.41, 5.74) is 1.57. The van der Waals surface area contributed by atoms with E-state index in [1.165, 1.54) is 18.4 Å². The Morgan fingerprint density at radius 2 is 2.13 bits per heavy atom. The number of hydrogen-bond donors (Lipinski definition) is 1. The molecule has 1 fully saturated rings. The molecule has 0 unspecified atom stereocenters. The molecule has 0 amide bonds. The van der Waals surface area contributed by atoms with Crippen molar-refractivity contribution in [1.29, 1.82) is 0 Å². The minimum atomic E-state index is 0.231. The van der Waals surface area contributed by atoms with Crippen molar-refractivity contribution in [1.82, 2.24) is 5.32 Å². The molecule has 1 aliphatic carbocycles. The highest BCUT2D eigenvalue weighted by Crippen LogP contribution is 2.45. The first-order valence-corrected chi connectivity index (χ1v) is 6.01. The lowest BCUT2D eigenvalue weighted by Gasteiger charge is -2.19. The second kappa shape index (κ2) is 4.15. The van der Waals surface area contributed by atoms with Gasteiger partial charge in [-0.05, 0) is 43.0 Å². The van der Waals surface area contributed by atoms with Gasteiger partial charge in [-0.3, -0.25) is 0 Å². The minimum Gasteiger partial charge on any atom is -0.307 e. The average Bonchev–Trinajstić information content (AvgIpc) is 2.96. The van der Waals surface area contributed by atoms with Gasteiger partial charge in [-0.2, -0.15) is 0 Å². The monoisotopic (exact) mass is 223 g/mol. The molecule has 1 aromatic rings. The quantitative estimate of drug-likeness (QED) is 0.823. The van der Waals surface area contributed by atoms with E-state index in [1.54, 1.807) is 0 Å². The van der Waals surface area contributed by atoms with Crippen molar-refractivity contribution in [3.8, 4) is 0 Å². The van der Waals surface area contributed by atoms with Gasteiger partial charge < -0.3 is 5.32 Å². The maximum Gasteiger partial charge on any atom is 0.0436 e. The normalized spacial score (nSPS) is 18.1. The van der Waals surface area contributed by atoms with Gasteiger partial charge in [-0.15, -0.1) is 0 Å². The molecule has 1 nitrogen and oxygen atoms in total. The zero-order chi connectivity index (χ0) is 10.9. The average molecular weight is 224 g/mol. The Morgan fingerprint density at radius 3 is 2.67 bits per heavy atom. The van der Waals surface area contributed by atoms with E-state index in [4.69, 9.17) is 11.6 Å². The van der Waals surface area contributed by atoms with Crippen LogP contribution in [0.4, 0.5) is 0 Å². The number of benzene rings is 1. The Kier molecular flexibility index (Phi) is 3.03. The van der Waals surface area contributed by atoms with Gasteiger partial charge in [0, 0.05) is 10.6 Å². The molecule has 2 heteroatoms. The van der Waals surface area contributed by atoms with Crippen molar-refractivity contribution < 1.29 is 0 Å². The predicted octanol–water partition coefficient (Wildman–Crippen LogP) is 3.57. The molecule has 0 saturated heterocycles. The third-order valence-corrected chi connectivity index (χ3v) is 3.21. The van der Waals surface area contributed by atoms with E-state index in [-0.39, 0.29) is 5.54 Å². The molecular formula is C13H18ClN. The summed E-state index contributed by atoms with van der Waals surface area (Å²) in [4.78, 5) is 0. The highest BCUT2D eigenvalue weighted by molar-refractivity contribution is 6.30. The number of hydrogen-bond acceptors (Lipinski definition) is 1. The van der Waals surface area contributed by atoms with Crippen molar-refractivity contribution in [2.24, 2.45) is 5.92 Å². The number of nitrogens with one attached hydrogen (secondary N) is 1. The lowest BCUT2D eigenvalue weighted by Crippen LogP contribution is -2.32. The minimum absolute atomic E-state index is 0.231. The van der Waals surface area contributed by atoms with Crippen molar-refractivity contribution in [3.05, 3.63) is 34.9 Å². The van der Waals surface area contributed by atoms with Crippen LogP contribution >= 0.6 is 11.6 Å². The fourth-order valence-corrected chi connectivity index (χ4v) is 2.07. The first-order chi connectivity index (χ1) is 7.12. The van der Waals surface area contributed by atoms with E-state index in [0.717, 1.165) is 11.6 Å². The molecule has 82 valence electrons. The van der Waals surface area contributed by atoms with Crippen molar-refractivity contribution >= 4 is 11.6 Å². The molecule has 0 radical (unpaired) electrons. The summed E-state index contributed by atoms with van der Waals surface area (Å²) in [6.07, 6.45) is 2.47. The Morgan fingerprint density at radius 1 is 1.40 bits per heavy atom. The summed E-state index contributed by atoms with van der Waals surface area (Å²) in [6, 6.07) is 8.23. The Labute approximate surface area is 96.8 Å². The molecule has 0 atom stereocenters. The van der Waals surface area contributed by atoms with Crippen LogP contribution in [0.3, 0.4) is 0 Å². The molecule has 1 N–H and O–H groups in total. The van der Waals surface area contributed by atoms with Gasteiger partial charge in [0.1, 0.15) is 0 Å². The molecular weight excluding hydrogens is 206 g/mol. The fraction of sp³-hybridized carbons (Fsp3) is 0.538. The molecule has 0 heterocycles. The van der Waals surface area contributed by atoms with Gasteiger partial charge >= 0.3 is 0 Å². The van der Waals surface area contributed by atoms with Crippen LogP contribution in [0.1, 0.15) is 32.3 Å². The highest BCUT2D eigenvalue weighted by atomic mass is 35.5. The van der Waals surface area contributed by atoms with Gasteiger partial charge in [0.05, 0.1) is 0 Å². The van der Waals surface area contributed by atoms with Crippen molar-refractivity contribution in [2.75, 3.05) is 6.54 Å². The van der Waals surface area contributed by atoms with Gasteiger partial charge in [-0.1, -0.05) is 37.6 Å². The standard InChI is InChI=1S/C13H18ClN/c1-10(2)9-15-13(6-7-13)11-4-3-5-12(14)8-11/h3-5,8,10,15H,6-7,9H2,1-2H3. The molecule has 1 aromatic carbocycles. The van der Waals surface area contributed by atoms with Gasteiger partial charge in [0.2, 0.25) is 0 Å². The van der Waals surface area contributed by atoms with E-state index in [0.29, 0.717) is 5.92 Å². The van der Waals surface area contributed by atoms with Gasteiger partial charge in [-0.25, -0.2) is 0 Å². The number of halogens is 1. The molecule has 1 saturated carbocycles. The second-order valence-corrected chi connectivity index (χ2v) is 5.30. The number of rotatable bonds is 4. The van der Waals surface area contributed by atoms with Crippen LogP contribution in [0, 0.1) is 5.92 Å². The Bertz CT molecular complexity index is 342. The summed E-state index contributed by atoms with van der Waals surface area (Å²) in [5.74, 6) is 0.696. The molecule has 2 rings (SSSR count). The third-order valence-electron chi connectivity index (χ3n) is 2.98. The zero-order valence-corrected chi connectivity index (χ0v) is 10.1. The predicted molar refractivity (Wildman–Crippen MR) is 65.2 cm³/mol. The molecule has 0 bridgehead atoms. The van der Waals surface area contributed by atoms with E-state index in [2.05, 4.69) is 31.3 Å². The van der Waals surface area contributed by atoms with Crippen molar-refractivity contribution in [3.63, 3.8) is 0 Å². The van der Waals surface area contributed by atoms with E-state index >= 15 is 0 Å². The summed E-state index contributed by atoms with van der Waals surface area (Å²) in [6.45, 7) is 5.55. The molecule has 1 aliphatic rings. The maximum absolute atomic E-state index is 6.01. The SMILES string of the molecule is CC(C)CNC1(c2cccc(Cl)c2)CC1. The summed E-state index contributed by atoms with van der Waals surface area (Å²) in [7, 11) is 0. The topological polar surface area (TPSA) is 12.0 Å². The summed E-state index contributed by atoms with van der Waals surface area (Å²) < 4.78 is 0. The molecule has 0 aromatic heterocycles. The lowest BCUT2D eigenvalue weighted by atomic mass is 10.0. The van der Waals surface area contributed by atoms with Crippen LogP contribution in [0.25, 0.3) is 0 Å². The van der Waals surface area contributed by atoms with Crippen LogP contribution in [0.15, 0.2) is 24.3 Å². The third kappa shape index (κ3) is 2.53. The zero-order valence-electron chi connectivity index (χ0n) is 9.39. The van der Waals surface area contributed by atoms with Crippen LogP contribution < -0.4 is 5.32 Å². The van der Waals surface area contributed by atoms with Crippen LogP contribution in [-0.4, -0.2) is 6.54 Å². The smallest absolute Gasteiger partial charge is 0.0436 e. The van der Waals surface area contributed by atoms with E-state index in [9.17, 15) is 0 Å². The summed E-state index contributed by atoms with van der Waals surface area (Å²) in [5, 5.41) is 4.49. The Hall–Kier alpha value is -0.530. The van der Waals surface area contributed by atoms with Crippen LogP contribution in [0.5, 0.6) is 0 Å². The second-order valence-electron chi connectivity index (χ2n) is 4.87. The van der Waals surface area contributed by atoms with Crippen LogP contribution in [-0.2, 0) is 5.54 Å². The lowest BCUT2D eigenvalue weighted by molar-refractivity contribution is 0.460. The van der Waals surface area contributed by atoms with Gasteiger partial charge in [0.15, 0.2) is 0 Å². The first kappa shape index (κ1) is 11.0. The van der Waals surface area contributed by atoms with Gasteiger partial charge in [0.25, 0.3) is 0 Å². The largest absolute Gasteiger partial charge is 0.307 e. The fourth-order valence-electron chi connectivity index (χ4n) is 1.88.